The molecule has 18 heavy (non-hydrogen) atoms. The molecule has 2 atom stereocenters. The zero-order chi connectivity index (χ0) is 13.6. The van der Waals surface area contributed by atoms with Crippen molar-refractivity contribution in [2.75, 3.05) is 13.2 Å². The second-order valence-electron chi connectivity index (χ2n) is 5.00. The van der Waals surface area contributed by atoms with E-state index in [-0.39, 0.29) is 12.1 Å². The largest absolute Gasteiger partial charge is 0.394 e. The molecule has 2 N–H and O–H groups in total. The van der Waals surface area contributed by atoms with Crippen molar-refractivity contribution >= 4 is 11.8 Å². The van der Waals surface area contributed by atoms with E-state index in [0.29, 0.717) is 5.25 Å². The lowest BCUT2D eigenvalue weighted by Crippen LogP contribution is -2.47. The monoisotopic (exact) mass is 272 g/mol. The summed E-state index contributed by atoms with van der Waals surface area (Å²) in [7, 11) is 1.94. The molecule has 0 saturated carbocycles. The molecule has 0 radical (unpaired) electrons. The fourth-order valence-corrected chi connectivity index (χ4v) is 2.97. The maximum atomic E-state index is 9.54. The first-order valence-corrected chi connectivity index (χ1v) is 7.25. The van der Waals surface area contributed by atoms with Crippen LogP contribution in [0.15, 0.2) is 11.5 Å². The fraction of sp³-hybridized carbons (Fsp3) is 0.833. The smallest absolute Gasteiger partial charge is 0.190 e. The Kier molecular flexibility index (Phi) is 6.11. The zero-order valence-corrected chi connectivity index (χ0v) is 12.5. The Labute approximate surface area is 113 Å². The minimum atomic E-state index is -0.221. The van der Waals surface area contributed by atoms with Crippen molar-refractivity contribution in [3.63, 3.8) is 0 Å². The van der Waals surface area contributed by atoms with Crippen LogP contribution in [-0.4, -0.2) is 43.8 Å². The minimum Gasteiger partial charge on any atom is -0.394 e. The number of rotatable bonds is 8. The Balaban J connectivity index is 2.51. The molecule has 1 aromatic rings. The molecule has 0 aromatic carbocycles. The highest BCUT2D eigenvalue weighted by molar-refractivity contribution is 7.99. The summed E-state index contributed by atoms with van der Waals surface area (Å²) in [5.74, 6) is 0. The van der Waals surface area contributed by atoms with Gasteiger partial charge in [0.1, 0.15) is 6.33 Å². The van der Waals surface area contributed by atoms with E-state index in [1.807, 2.05) is 11.6 Å². The van der Waals surface area contributed by atoms with Crippen LogP contribution < -0.4 is 5.32 Å². The van der Waals surface area contributed by atoms with Crippen molar-refractivity contribution < 1.29 is 5.11 Å². The Morgan fingerprint density at radius 1 is 1.61 bits per heavy atom. The third-order valence-electron chi connectivity index (χ3n) is 2.87. The van der Waals surface area contributed by atoms with Gasteiger partial charge in [0.2, 0.25) is 0 Å². The average Bonchev–Trinajstić information content (AvgIpc) is 2.72. The standard InChI is InChI=1S/C12H24N4OS/c1-5-6-13-12(3,8-17)7-10(2)18-11-15-14-9-16(11)4/h9-10,13,17H,5-8H2,1-4H3. The highest BCUT2D eigenvalue weighted by Crippen LogP contribution is 2.26. The van der Waals surface area contributed by atoms with Gasteiger partial charge in [-0.25, -0.2) is 0 Å². The number of thioether (sulfide) groups is 1. The number of hydrogen-bond donors (Lipinski definition) is 2. The number of aliphatic hydroxyl groups excluding tert-OH is 1. The van der Waals surface area contributed by atoms with Gasteiger partial charge in [-0.1, -0.05) is 25.6 Å². The maximum absolute atomic E-state index is 9.54. The SMILES string of the molecule is CCCNC(C)(CO)CC(C)Sc1nncn1C. The van der Waals surface area contributed by atoms with E-state index in [2.05, 4.69) is 36.3 Å². The van der Waals surface area contributed by atoms with Crippen LogP contribution in [0.4, 0.5) is 0 Å². The molecule has 1 rings (SSSR count). The third-order valence-corrected chi connectivity index (χ3v) is 4.01. The van der Waals surface area contributed by atoms with Gasteiger partial charge in [0.15, 0.2) is 5.16 Å². The van der Waals surface area contributed by atoms with Crippen molar-refractivity contribution in [2.24, 2.45) is 7.05 Å². The molecule has 0 spiro atoms. The Morgan fingerprint density at radius 3 is 2.83 bits per heavy atom. The molecule has 2 unspecified atom stereocenters. The number of aliphatic hydroxyl groups is 1. The summed E-state index contributed by atoms with van der Waals surface area (Å²) in [4.78, 5) is 0. The number of aryl methyl sites for hydroxylation is 1. The fourth-order valence-electron chi connectivity index (χ4n) is 1.85. The molecule has 1 aromatic heterocycles. The van der Waals surface area contributed by atoms with Crippen LogP contribution in [-0.2, 0) is 7.05 Å². The van der Waals surface area contributed by atoms with Crippen molar-refractivity contribution in [1.29, 1.82) is 0 Å². The van der Waals surface area contributed by atoms with Crippen LogP contribution in [0.25, 0.3) is 0 Å². The van der Waals surface area contributed by atoms with E-state index in [4.69, 9.17) is 0 Å². The third kappa shape index (κ3) is 4.59. The minimum absolute atomic E-state index is 0.150. The van der Waals surface area contributed by atoms with Crippen molar-refractivity contribution in [3.8, 4) is 0 Å². The van der Waals surface area contributed by atoms with Gasteiger partial charge in [0, 0.05) is 17.8 Å². The van der Waals surface area contributed by atoms with Crippen LogP contribution in [0.1, 0.15) is 33.6 Å². The van der Waals surface area contributed by atoms with E-state index < -0.39 is 0 Å². The second kappa shape index (κ2) is 7.11. The highest BCUT2D eigenvalue weighted by atomic mass is 32.2. The maximum Gasteiger partial charge on any atom is 0.190 e. The van der Waals surface area contributed by atoms with Gasteiger partial charge in [-0.3, -0.25) is 0 Å². The molecule has 0 bridgehead atoms. The quantitative estimate of drug-likeness (QED) is 0.701. The van der Waals surface area contributed by atoms with Crippen LogP contribution in [0.5, 0.6) is 0 Å². The summed E-state index contributed by atoms with van der Waals surface area (Å²) in [6.07, 6.45) is 3.66. The lowest BCUT2D eigenvalue weighted by atomic mass is 9.97. The van der Waals surface area contributed by atoms with Gasteiger partial charge in [-0.15, -0.1) is 10.2 Å². The van der Waals surface area contributed by atoms with Crippen LogP contribution in [0, 0.1) is 0 Å². The predicted octanol–water partition coefficient (Wildman–Crippen LogP) is 1.44. The Bertz CT molecular complexity index is 358. The van der Waals surface area contributed by atoms with E-state index >= 15 is 0 Å². The van der Waals surface area contributed by atoms with E-state index in [1.54, 1.807) is 18.1 Å². The van der Waals surface area contributed by atoms with Crippen molar-refractivity contribution in [3.05, 3.63) is 6.33 Å². The molecule has 0 aliphatic rings. The Hall–Kier alpha value is -0.590. The summed E-state index contributed by atoms with van der Waals surface area (Å²) in [6.45, 7) is 7.43. The lowest BCUT2D eigenvalue weighted by molar-refractivity contribution is 0.166. The molecule has 5 nitrogen and oxygen atoms in total. The van der Waals surface area contributed by atoms with E-state index in [0.717, 1.165) is 24.5 Å². The van der Waals surface area contributed by atoms with Gasteiger partial charge in [-0.2, -0.15) is 0 Å². The summed E-state index contributed by atoms with van der Waals surface area (Å²) < 4.78 is 1.91. The van der Waals surface area contributed by atoms with Crippen LogP contribution in [0.3, 0.4) is 0 Å². The van der Waals surface area contributed by atoms with Crippen LogP contribution in [0.2, 0.25) is 0 Å². The normalized spacial score (nSPS) is 16.5. The molecule has 0 aliphatic heterocycles. The molecule has 6 heteroatoms. The first-order chi connectivity index (χ1) is 8.50. The molecule has 0 fully saturated rings. The second-order valence-corrected chi connectivity index (χ2v) is 6.41. The predicted molar refractivity (Wildman–Crippen MR) is 74.7 cm³/mol. The molecule has 0 saturated heterocycles. The first kappa shape index (κ1) is 15.5. The van der Waals surface area contributed by atoms with Gasteiger partial charge in [0.25, 0.3) is 0 Å². The molecule has 0 amide bonds. The van der Waals surface area contributed by atoms with Gasteiger partial charge < -0.3 is 15.0 Å². The van der Waals surface area contributed by atoms with Crippen molar-refractivity contribution in [1.82, 2.24) is 20.1 Å². The number of nitrogens with one attached hydrogen (secondary N) is 1. The number of aromatic nitrogens is 3. The van der Waals surface area contributed by atoms with Crippen molar-refractivity contribution in [2.45, 2.75) is 49.6 Å². The lowest BCUT2D eigenvalue weighted by Gasteiger charge is -2.31. The van der Waals surface area contributed by atoms with Gasteiger partial charge in [0.05, 0.1) is 6.61 Å². The summed E-state index contributed by atoms with van der Waals surface area (Å²) in [6, 6.07) is 0. The van der Waals surface area contributed by atoms with Gasteiger partial charge >= 0.3 is 0 Å². The number of nitrogens with zero attached hydrogens (tertiary/aromatic N) is 3. The molecular weight excluding hydrogens is 248 g/mol. The highest BCUT2D eigenvalue weighted by Gasteiger charge is 2.26. The number of hydrogen-bond acceptors (Lipinski definition) is 5. The first-order valence-electron chi connectivity index (χ1n) is 6.37. The Morgan fingerprint density at radius 2 is 2.33 bits per heavy atom. The molecular formula is C12H24N4OS. The van der Waals surface area contributed by atoms with Crippen LogP contribution >= 0.6 is 11.8 Å². The van der Waals surface area contributed by atoms with E-state index in [1.165, 1.54) is 0 Å². The topological polar surface area (TPSA) is 63.0 Å². The zero-order valence-electron chi connectivity index (χ0n) is 11.7. The van der Waals surface area contributed by atoms with E-state index in [9.17, 15) is 5.11 Å². The summed E-state index contributed by atoms with van der Waals surface area (Å²) in [5, 5.41) is 22.2. The molecule has 0 aliphatic carbocycles. The molecule has 104 valence electrons. The summed E-state index contributed by atoms with van der Waals surface area (Å²) in [5.41, 5.74) is -0.221. The average molecular weight is 272 g/mol. The summed E-state index contributed by atoms with van der Waals surface area (Å²) >= 11 is 1.69. The van der Waals surface area contributed by atoms with Gasteiger partial charge in [-0.05, 0) is 26.3 Å². The molecule has 1 heterocycles.